The van der Waals surface area contributed by atoms with Crippen molar-refractivity contribution in [3.8, 4) is 0 Å². The molecule has 0 unspecified atom stereocenters. The van der Waals surface area contributed by atoms with Gasteiger partial charge in [-0.05, 0) is 26.7 Å². The Hall–Kier alpha value is -0.770. The summed E-state index contributed by atoms with van der Waals surface area (Å²) >= 11 is 5.52. The number of hydrogen-bond acceptors (Lipinski definition) is 3. The van der Waals surface area contributed by atoms with Crippen molar-refractivity contribution in [2.75, 3.05) is 5.88 Å². The molecule has 0 aromatic rings. The first-order chi connectivity index (χ1) is 7.71. The fraction of sp³-hybridized carbons (Fsp3) is 0.833. The summed E-state index contributed by atoms with van der Waals surface area (Å²) in [5, 5.41) is 2.58. The summed E-state index contributed by atoms with van der Waals surface area (Å²) in [4.78, 5) is 23.2. The molecule has 0 rings (SSSR count). The van der Waals surface area contributed by atoms with Crippen LogP contribution in [0.2, 0.25) is 0 Å². The molecule has 2 atom stereocenters. The second-order valence-corrected chi connectivity index (χ2v) is 5.38. The lowest BCUT2D eigenvalue weighted by Gasteiger charge is -2.25. The largest absolute Gasteiger partial charge is 0.444 e. The van der Waals surface area contributed by atoms with Crippen molar-refractivity contribution in [1.82, 2.24) is 5.32 Å². The van der Waals surface area contributed by atoms with Crippen LogP contribution in [0.1, 0.15) is 41.0 Å². The number of alkyl carbamates (subject to hydrolysis) is 1. The van der Waals surface area contributed by atoms with E-state index in [4.69, 9.17) is 16.3 Å². The van der Waals surface area contributed by atoms with Crippen LogP contribution in [0.4, 0.5) is 4.79 Å². The lowest BCUT2D eigenvalue weighted by Crippen LogP contribution is -2.47. The summed E-state index contributed by atoms with van der Waals surface area (Å²) in [6, 6.07) is -0.577. The van der Waals surface area contributed by atoms with E-state index >= 15 is 0 Å². The quantitative estimate of drug-likeness (QED) is 0.776. The van der Waals surface area contributed by atoms with Crippen molar-refractivity contribution < 1.29 is 14.3 Å². The second-order valence-electron chi connectivity index (χ2n) is 5.11. The number of halogens is 1. The molecule has 0 aliphatic carbocycles. The number of alkyl halides is 1. The van der Waals surface area contributed by atoms with E-state index in [0.29, 0.717) is 0 Å². The van der Waals surface area contributed by atoms with Gasteiger partial charge in [0.15, 0.2) is 5.78 Å². The molecule has 0 saturated heterocycles. The van der Waals surface area contributed by atoms with Crippen molar-refractivity contribution >= 4 is 23.5 Å². The molecule has 0 heterocycles. The molecule has 100 valence electrons. The molecule has 0 saturated carbocycles. The van der Waals surface area contributed by atoms with Crippen molar-refractivity contribution in [2.24, 2.45) is 5.92 Å². The van der Waals surface area contributed by atoms with Crippen LogP contribution in [0.5, 0.6) is 0 Å². The van der Waals surface area contributed by atoms with Gasteiger partial charge >= 0.3 is 6.09 Å². The van der Waals surface area contributed by atoms with Crippen LogP contribution in [0, 0.1) is 5.92 Å². The Morgan fingerprint density at radius 3 is 2.24 bits per heavy atom. The summed E-state index contributed by atoms with van der Waals surface area (Å²) < 4.78 is 5.11. The smallest absolute Gasteiger partial charge is 0.408 e. The highest BCUT2D eigenvalue weighted by Crippen LogP contribution is 2.12. The molecular formula is C12H22ClNO3. The Morgan fingerprint density at radius 1 is 1.35 bits per heavy atom. The highest BCUT2D eigenvalue weighted by Gasteiger charge is 2.27. The molecule has 0 aromatic heterocycles. The van der Waals surface area contributed by atoms with Crippen LogP contribution >= 0.6 is 11.6 Å². The topological polar surface area (TPSA) is 55.4 Å². The first-order valence-electron chi connectivity index (χ1n) is 5.79. The normalized spacial score (nSPS) is 14.9. The highest BCUT2D eigenvalue weighted by atomic mass is 35.5. The monoisotopic (exact) mass is 263 g/mol. The lowest BCUT2D eigenvalue weighted by atomic mass is 9.96. The van der Waals surface area contributed by atoms with E-state index in [9.17, 15) is 9.59 Å². The van der Waals surface area contributed by atoms with E-state index in [0.717, 1.165) is 6.42 Å². The molecule has 0 radical (unpaired) electrons. The van der Waals surface area contributed by atoms with Gasteiger partial charge in [-0.2, -0.15) is 0 Å². The van der Waals surface area contributed by atoms with Crippen LogP contribution in [0.25, 0.3) is 0 Å². The molecule has 0 aliphatic rings. The standard InChI is InChI=1S/C12H22ClNO3/c1-6-8(2)10(9(15)7-13)14-11(16)17-12(3,4)5/h8,10H,6-7H2,1-5H3,(H,14,16)/t8-,10-/m0/s1. The second kappa shape index (κ2) is 6.84. The van der Waals surface area contributed by atoms with Gasteiger partial charge < -0.3 is 10.1 Å². The number of carbonyl (C=O) groups is 2. The molecule has 0 fully saturated rings. The zero-order valence-electron chi connectivity index (χ0n) is 11.2. The number of nitrogens with one attached hydrogen (secondary N) is 1. The van der Waals surface area contributed by atoms with Crippen LogP contribution in [0.15, 0.2) is 0 Å². The van der Waals surface area contributed by atoms with Gasteiger partial charge in [0.2, 0.25) is 0 Å². The average Bonchev–Trinajstić information content (AvgIpc) is 2.21. The number of carbonyl (C=O) groups excluding carboxylic acids is 2. The van der Waals surface area contributed by atoms with Crippen molar-refractivity contribution in [3.63, 3.8) is 0 Å². The Balaban J connectivity index is 4.54. The summed E-state index contributed by atoms with van der Waals surface area (Å²) in [5.41, 5.74) is -0.575. The first-order valence-corrected chi connectivity index (χ1v) is 6.33. The minimum atomic E-state index is -0.582. The lowest BCUT2D eigenvalue weighted by molar-refractivity contribution is -0.119. The van der Waals surface area contributed by atoms with Gasteiger partial charge in [0, 0.05) is 0 Å². The van der Waals surface area contributed by atoms with Crippen LogP contribution in [-0.4, -0.2) is 29.4 Å². The van der Waals surface area contributed by atoms with Gasteiger partial charge in [-0.15, -0.1) is 11.6 Å². The van der Waals surface area contributed by atoms with E-state index in [1.807, 2.05) is 13.8 Å². The fourth-order valence-electron chi connectivity index (χ4n) is 1.29. The Morgan fingerprint density at radius 2 is 1.88 bits per heavy atom. The molecule has 1 N–H and O–H groups in total. The minimum absolute atomic E-state index is 0.0359. The average molecular weight is 264 g/mol. The number of ketones is 1. The summed E-state index contributed by atoms with van der Waals surface area (Å²) in [5.74, 6) is -0.259. The zero-order chi connectivity index (χ0) is 13.6. The maximum absolute atomic E-state index is 11.6. The Labute approximate surface area is 108 Å². The number of hydrogen-bond donors (Lipinski definition) is 1. The molecule has 5 heteroatoms. The van der Waals surface area contributed by atoms with Crippen LogP contribution in [-0.2, 0) is 9.53 Å². The first kappa shape index (κ1) is 16.2. The molecule has 4 nitrogen and oxygen atoms in total. The van der Waals surface area contributed by atoms with Gasteiger partial charge in [-0.1, -0.05) is 20.3 Å². The van der Waals surface area contributed by atoms with Crippen LogP contribution < -0.4 is 5.32 Å². The minimum Gasteiger partial charge on any atom is -0.444 e. The number of Topliss-reactive ketones (excluding diaryl/α,β-unsaturated/α-hetero) is 1. The van der Waals surface area contributed by atoms with E-state index in [1.165, 1.54) is 0 Å². The maximum atomic E-state index is 11.6. The molecule has 17 heavy (non-hydrogen) atoms. The number of rotatable bonds is 5. The van der Waals surface area contributed by atoms with Gasteiger partial charge in [-0.25, -0.2) is 4.79 Å². The molecule has 0 aromatic carbocycles. The van der Waals surface area contributed by atoms with Gasteiger partial charge in [-0.3, -0.25) is 4.79 Å². The van der Waals surface area contributed by atoms with E-state index in [-0.39, 0.29) is 17.6 Å². The molecule has 0 aliphatic heterocycles. The SMILES string of the molecule is CC[C@H](C)[C@H](NC(=O)OC(C)(C)C)C(=O)CCl. The van der Waals surface area contributed by atoms with E-state index < -0.39 is 17.7 Å². The molecular weight excluding hydrogens is 242 g/mol. The fourth-order valence-corrected chi connectivity index (χ4v) is 1.46. The van der Waals surface area contributed by atoms with Gasteiger partial charge in [0.1, 0.15) is 5.60 Å². The Bertz CT molecular complexity index is 273. The summed E-state index contributed by atoms with van der Waals surface area (Å²) in [6.07, 6.45) is 0.199. The summed E-state index contributed by atoms with van der Waals surface area (Å²) in [6.45, 7) is 9.17. The molecule has 0 bridgehead atoms. The molecule has 1 amide bonds. The maximum Gasteiger partial charge on any atom is 0.408 e. The zero-order valence-corrected chi connectivity index (χ0v) is 11.9. The highest BCUT2D eigenvalue weighted by molar-refractivity contribution is 6.28. The van der Waals surface area contributed by atoms with E-state index in [1.54, 1.807) is 20.8 Å². The van der Waals surface area contributed by atoms with E-state index in [2.05, 4.69) is 5.32 Å². The predicted molar refractivity (Wildman–Crippen MR) is 68.3 cm³/mol. The Kier molecular flexibility index (Phi) is 6.53. The van der Waals surface area contributed by atoms with Gasteiger partial charge in [0.25, 0.3) is 0 Å². The van der Waals surface area contributed by atoms with Crippen molar-refractivity contribution in [2.45, 2.75) is 52.7 Å². The summed E-state index contributed by atoms with van der Waals surface area (Å²) in [7, 11) is 0. The van der Waals surface area contributed by atoms with Gasteiger partial charge in [0.05, 0.1) is 11.9 Å². The molecule has 0 spiro atoms. The predicted octanol–water partition coefficient (Wildman–Crippen LogP) is 2.73. The third-order valence-corrected chi connectivity index (χ3v) is 2.63. The number of amides is 1. The third kappa shape index (κ3) is 6.51. The van der Waals surface area contributed by atoms with Crippen molar-refractivity contribution in [1.29, 1.82) is 0 Å². The third-order valence-electron chi connectivity index (χ3n) is 2.36. The van der Waals surface area contributed by atoms with Crippen molar-refractivity contribution in [3.05, 3.63) is 0 Å². The number of ether oxygens (including phenoxy) is 1. The van der Waals surface area contributed by atoms with Crippen LogP contribution in [0.3, 0.4) is 0 Å².